The van der Waals surface area contributed by atoms with Gasteiger partial charge in [-0.05, 0) is 11.6 Å². The molecule has 2 heteroatoms. The summed E-state index contributed by atoms with van der Waals surface area (Å²) in [5, 5.41) is 0. The predicted octanol–water partition coefficient (Wildman–Crippen LogP) is 1.51. The molecule has 2 nitrogen and oxygen atoms in total. The summed E-state index contributed by atoms with van der Waals surface area (Å²) in [4.78, 5) is 13.5. The van der Waals surface area contributed by atoms with Crippen LogP contribution in [-0.4, -0.2) is 12.5 Å². The molecule has 0 saturated heterocycles. The lowest BCUT2D eigenvalue weighted by Gasteiger charge is -1.82. The van der Waals surface area contributed by atoms with Gasteiger partial charge in [-0.3, -0.25) is 9.79 Å². The molecule has 52 valence electrons. The maximum absolute atomic E-state index is 9.79. The van der Waals surface area contributed by atoms with Crippen molar-refractivity contribution in [3.63, 3.8) is 0 Å². The fourth-order valence-corrected chi connectivity index (χ4v) is 0.354. The largest absolute Gasteiger partial charge is 0.299 e. The molecule has 0 aromatic carbocycles. The Kier molecular flexibility index (Phi) is 4.87. The van der Waals surface area contributed by atoms with Crippen molar-refractivity contribution in [3.8, 4) is 0 Å². The molecule has 0 aromatic heterocycles. The van der Waals surface area contributed by atoms with Crippen molar-refractivity contribution in [1.29, 1.82) is 0 Å². The average molecular weight is 135 g/mol. The zero-order valence-electron chi connectivity index (χ0n) is 5.66. The van der Waals surface area contributed by atoms with E-state index in [1.807, 2.05) is 0 Å². The topological polar surface area (TPSA) is 29.4 Å². The van der Waals surface area contributed by atoms with Gasteiger partial charge in [0.1, 0.15) is 6.29 Å². The van der Waals surface area contributed by atoms with Gasteiger partial charge in [0, 0.05) is 12.4 Å². The Bertz CT molecular complexity index is 169. The van der Waals surface area contributed by atoms with Crippen LogP contribution in [-0.2, 0) is 4.79 Å². The van der Waals surface area contributed by atoms with Crippen LogP contribution in [0.2, 0.25) is 0 Å². The molecule has 0 aliphatic carbocycles. The third kappa shape index (κ3) is 4.71. The van der Waals surface area contributed by atoms with Gasteiger partial charge in [-0.25, -0.2) is 0 Å². The summed E-state index contributed by atoms with van der Waals surface area (Å²) >= 11 is 0. The zero-order chi connectivity index (χ0) is 7.82. The van der Waals surface area contributed by atoms with E-state index in [9.17, 15) is 4.79 Å². The molecule has 0 N–H and O–H groups in total. The Morgan fingerprint density at radius 2 is 2.20 bits per heavy atom. The fraction of sp³-hybridized carbons (Fsp3) is 0. The molecule has 0 aliphatic heterocycles. The normalized spacial score (nSPS) is 10.4. The number of rotatable bonds is 4. The summed E-state index contributed by atoms with van der Waals surface area (Å²) in [7, 11) is 0. The number of hydrogen-bond acceptors (Lipinski definition) is 2. The van der Waals surface area contributed by atoms with Crippen molar-refractivity contribution >= 4 is 12.5 Å². The van der Waals surface area contributed by atoms with Gasteiger partial charge < -0.3 is 0 Å². The summed E-state index contributed by atoms with van der Waals surface area (Å²) in [5.74, 6) is 0. The highest BCUT2D eigenvalue weighted by Crippen LogP contribution is 1.86. The Morgan fingerprint density at radius 1 is 1.50 bits per heavy atom. The minimum absolute atomic E-state index is 0.673. The fourth-order valence-electron chi connectivity index (χ4n) is 0.354. The van der Waals surface area contributed by atoms with E-state index < -0.39 is 0 Å². The van der Waals surface area contributed by atoms with Crippen LogP contribution in [0, 0.1) is 0 Å². The third-order valence-corrected chi connectivity index (χ3v) is 0.735. The smallest absolute Gasteiger partial charge is 0.142 e. The monoisotopic (exact) mass is 135 g/mol. The van der Waals surface area contributed by atoms with E-state index >= 15 is 0 Å². The zero-order valence-corrected chi connectivity index (χ0v) is 5.66. The van der Waals surface area contributed by atoms with Gasteiger partial charge in [0.05, 0.1) is 0 Å². The van der Waals surface area contributed by atoms with E-state index in [2.05, 4.69) is 18.2 Å². The van der Waals surface area contributed by atoms with Crippen LogP contribution in [0.5, 0.6) is 0 Å². The molecule has 0 fully saturated rings. The van der Waals surface area contributed by atoms with Crippen LogP contribution in [0.3, 0.4) is 0 Å². The Labute approximate surface area is 60.3 Å². The number of carbonyl (C=O) groups is 1. The first kappa shape index (κ1) is 8.56. The Balaban J connectivity index is 3.85. The van der Waals surface area contributed by atoms with Gasteiger partial charge in [0.15, 0.2) is 0 Å². The highest BCUT2D eigenvalue weighted by atomic mass is 16.1. The molecule has 0 heterocycles. The van der Waals surface area contributed by atoms with Crippen molar-refractivity contribution in [3.05, 3.63) is 37.1 Å². The molecule has 0 saturated carbocycles. The third-order valence-electron chi connectivity index (χ3n) is 0.735. The van der Waals surface area contributed by atoms with Crippen LogP contribution in [0.15, 0.2) is 42.1 Å². The molecule has 0 rings (SSSR count). The lowest BCUT2D eigenvalue weighted by molar-refractivity contribution is -0.104. The summed E-state index contributed by atoms with van der Waals surface area (Å²) < 4.78 is 0. The minimum atomic E-state index is 0.673. The maximum atomic E-state index is 9.79. The summed E-state index contributed by atoms with van der Waals surface area (Å²) in [6, 6.07) is 0. The van der Waals surface area contributed by atoms with Gasteiger partial charge >= 0.3 is 0 Å². The number of carbonyl (C=O) groups excluding carboxylic acids is 1. The molecule has 0 amide bonds. The first-order valence-corrected chi connectivity index (χ1v) is 2.76. The first-order chi connectivity index (χ1) is 4.81. The van der Waals surface area contributed by atoms with E-state index in [0.29, 0.717) is 11.9 Å². The molecule has 0 aliphatic rings. The lowest BCUT2D eigenvalue weighted by atomic mass is 10.3. The number of nitrogens with zero attached hydrogens (tertiary/aromatic N) is 1. The highest BCUT2D eigenvalue weighted by molar-refractivity contribution is 5.83. The number of allylic oxidation sites excluding steroid dienone is 3. The summed E-state index contributed by atoms with van der Waals surface area (Å²) in [6.45, 7) is 6.97. The molecular formula is C8H9NO. The lowest BCUT2D eigenvalue weighted by Crippen LogP contribution is -1.74. The Morgan fingerprint density at radius 3 is 2.70 bits per heavy atom. The first-order valence-electron chi connectivity index (χ1n) is 2.76. The van der Waals surface area contributed by atoms with Gasteiger partial charge in [0.25, 0.3) is 0 Å². The number of aliphatic imine (C=N–C) groups is 1. The van der Waals surface area contributed by atoms with E-state index in [0.717, 1.165) is 0 Å². The average Bonchev–Trinajstić information content (AvgIpc) is 1.97. The van der Waals surface area contributed by atoms with Crippen molar-refractivity contribution in [2.45, 2.75) is 0 Å². The van der Waals surface area contributed by atoms with Gasteiger partial charge in [0.2, 0.25) is 0 Å². The van der Waals surface area contributed by atoms with E-state index in [1.54, 1.807) is 6.08 Å². The second-order valence-electron chi connectivity index (χ2n) is 1.53. The molecule has 0 spiro atoms. The summed E-state index contributed by atoms with van der Waals surface area (Å²) in [6.07, 6.45) is 6.54. The number of hydrogen-bond donors (Lipinski definition) is 0. The van der Waals surface area contributed by atoms with Crippen LogP contribution in [0.25, 0.3) is 0 Å². The SMILES string of the molecule is C=CN=CC(=C)/C=C/C=O. The highest BCUT2D eigenvalue weighted by Gasteiger charge is 1.76. The molecule has 0 aromatic rings. The number of aldehydes is 1. The Hall–Kier alpha value is -1.44. The molecule has 0 bridgehead atoms. The van der Waals surface area contributed by atoms with Gasteiger partial charge in [-0.15, -0.1) is 0 Å². The van der Waals surface area contributed by atoms with Gasteiger partial charge in [-0.1, -0.05) is 19.2 Å². The second kappa shape index (κ2) is 5.69. The van der Waals surface area contributed by atoms with Crippen LogP contribution < -0.4 is 0 Å². The van der Waals surface area contributed by atoms with Crippen molar-refractivity contribution in [2.24, 2.45) is 4.99 Å². The quantitative estimate of drug-likeness (QED) is 0.248. The van der Waals surface area contributed by atoms with E-state index in [4.69, 9.17) is 0 Å². The molecule has 10 heavy (non-hydrogen) atoms. The molecular weight excluding hydrogens is 126 g/mol. The molecule has 0 atom stereocenters. The molecule has 0 unspecified atom stereocenters. The molecule has 0 radical (unpaired) electrons. The van der Waals surface area contributed by atoms with Crippen LogP contribution >= 0.6 is 0 Å². The van der Waals surface area contributed by atoms with Gasteiger partial charge in [-0.2, -0.15) is 0 Å². The summed E-state index contributed by atoms with van der Waals surface area (Å²) in [5.41, 5.74) is 0.673. The van der Waals surface area contributed by atoms with E-state index in [1.165, 1.54) is 18.5 Å². The van der Waals surface area contributed by atoms with Crippen molar-refractivity contribution in [2.75, 3.05) is 0 Å². The minimum Gasteiger partial charge on any atom is -0.299 e. The second-order valence-corrected chi connectivity index (χ2v) is 1.53. The maximum Gasteiger partial charge on any atom is 0.142 e. The van der Waals surface area contributed by atoms with Crippen molar-refractivity contribution < 1.29 is 4.79 Å². The van der Waals surface area contributed by atoms with E-state index in [-0.39, 0.29) is 0 Å². The standard InChI is InChI=1S/C8H9NO/c1-3-9-7-8(2)5-4-6-10/h3-7H,1-2H2/b5-4+,9-7?. The van der Waals surface area contributed by atoms with Crippen LogP contribution in [0.4, 0.5) is 0 Å². The van der Waals surface area contributed by atoms with Crippen molar-refractivity contribution in [1.82, 2.24) is 0 Å². The van der Waals surface area contributed by atoms with Crippen LogP contribution in [0.1, 0.15) is 0 Å². The predicted molar refractivity (Wildman–Crippen MR) is 43.0 cm³/mol.